The van der Waals surface area contributed by atoms with E-state index in [2.05, 4.69) is 5.32 Å². The van der Waals surface area contributed by atoms with Crippen LogP contribution in [0.3, 0.4) is 0 Å². The largest absolute Gasteiger partial charge is 0.490 e. The number of halogens is 1. The minimum atomic E-state index is -0.528. The summed E-state index contributed by atoms with van der Waals surface area (Å²) in [6.45, 7) is 5.40. The lowest BCUT2D eigenvalue weighted by atomic mass is 10.1. The minimum absolute atomic E-state index is 0.0564. The molecule has 0 heterocycles. The highest BCUT2D eigenvalue weighted by Crippen LogP contribution is 2.33. The van der Waals surface area contributed by atoms with Crippen LogP contribution in [0, 0.1) is 11.3 Å². The standard InChI is InChI=1S/C34H31ClN2O5/c1-3-39-32-19-25(18-27(21-36)34(38)37-29-14-12-28(35)13-15-29)10-16-30(32)42-23-26-11-17-31(33(20-26)40-4-2)41-22-24-8-6-5-7-9-24/h5-20H,3-4,22-23H2,1-2H3,(H,37,38)/b27-18-. The molecular formula is C34H31ClN2O5. The van der Waals surface area contributed by atoms with Crippen LogP contribution in [0.2, 0.25) is 5.02 Å². The number of carbonyl (C=O) groups is 1. The predicted molar refractivity (Wildman–Crippen MR) is 164 cm³/mol. The Morgan fingerprint density at radius 2 is 1.38 bits per heavy atom. The number of rotatable bonds is 13. The number of hydrogen-bond acceptors (Lipinski definition) is 6. The highest BCUT2D eigenvalue weighted by atomic mass is 35.5. The summed E-state index contributed by atoms with van der Waals surface area (Å²) in [6.07, 6.45) is 1.50. The number of benzene rings is 4. The van der Waals surface area contributed by atoms with Gasteiger partial charge in [0, 0.05) is 10.7 Å². The van der Waals surface area contributed by atoms with Crippen LogP contribution >= 0.6 is 11.6 Å². The molecule has 0 fully saturated rings. The lowest BCUT2D eigenvalue weighted by molar-refractivity contribution is -0.112. The molecule has 4 aromatic rings. The molecule has 0 aromatic heterocycles. The first kappa shape index (κ1) is 30.0. The lowest BCUT2D eigenvalue weighted by Crippen LogP contribution is -2.13. The highest BCUT2D eigenvalue weighted by molar-refractivity contribution is 6.30. The molecule has 4 rings (SSSR count). The maximum absolute atomic E-state index is 12.7. The molecule has 0 aliphatic carbocycles. The Labute approximate surface area is 250 Å². The number of carbonyl (C=O) groups excluding carboxylic acids is 1. The Balaban J connectivity index is 1.46. The van der Waals surface area contributed by atoms with Gasteiger partial charge in [0.15, 0.2) is 23.0 Å². The molecule has 1 N–H and O–H groups in total. The van der Waals surface area contributed by atoms with E-state index in [4.69, 9.17) is 30.5 Å². The summed E-state index contributed by atoms with van der Waals surface area (Å²) in [5.74, 6) is 1.79. The van der Waals surface area contributed by atoms with E-state index in [9.17, 15) is 10.1 Å². The van der Waals surface area contributed by atoms with Gasteiger partial charge in [-0.15, -0.1) is 0 Å². The summed E-state index contributed by atoms with van der Waals surface area (Å²) < 4.78 is 23.7. The van der Waals surface area contributed by atoms with Crippen molar-refractivity contribution in [1.29, 1.82) is 5.26 Å². The minimum Gasteiger partial charge on any atom is -0.490 e. The normalized spacial score (nSPS) is 10.9. The summed E-state index contributed by atoms with van der Waals surface area (Å²) in [5.41, 5.74) is 3.06. The monoisotopic (exact) mass is 582 g/mol. The van der Waals surface area contributed by atoms with Crippen LogP contribution in [0.1, 0.15) is 30.5 Å². The number of anilines is 1. The molecule has 1 amide bonds. The molecule has 0 radical (unpaired) electrons. The first-order valence-electron chi connectivity index (χ1n) is 13.5. The summed E-state index contributed by atoms with van der Waals surface area (Å²) in [6, 6.07) is 29.5. The topological polar surface area (TPSA) is 89.8 Å². The average Bonchev–Trinajstić information content (AvgIpc) is 3.01. The van der Waals surface area contributed by atoms with Crippen molar-refractivity contribution < 1.29 is 23.7 Å². The zero-order valence-electron chi connectivity index (χ0n) is 23.4. The number of nitrogens with zero attached hydrogens (tertiary/aromatic N) is 1. The zero-order chi connectivity index (χ0) is 29.7. The molecule has 0 bridgehead atoms. The van der Waals surface area contributed by atoms with Gasteiger partial charge in [0.1, 0.15) is 24.9 Å². The number of nitriles is 1. The van der Waals surface area contributed by atoms with Gasteiger partial charge in [0.2, 0.25) is 0 Å². The third-order valence-corrected chi connectivity index (χ3v) is 6.24. The third kappa shape index (κ3) is 8.53. The molecule has 42 heavy (non-hydrogen) atoms. The van der Waals surface area contributed by atoms with Crippen molar-refractivity contribution in [2.75, 3.05) is 18.5 Å². The fourth-order valence-electron chi connectivity index (χ4n) is 3.98. The summed E-state index contributed by atoms with van der Waals surface area (Å²) in [4.78, 5) is 12.7. The molecule has 0 saturated heterocycles. The third-order valence-electron chi connectivity index (χ3n) is 5.99. The Hall–Kier alpha value is -4.93. The van der Waals surface area contributed by atoms with E-state index < -0.39 is 5.91 Å². The fourth-order valence-corrected chi connectivity index (χ4v) is 4.10. The van der Waals surface area contributed by atoms with Crippen molar-refractivity contribution in [3.8, 4) is 29.1 Å². The molecule has 0 unspecified atom stereocenters. The number of hydrogen-bond donors (Lipinski definition) is 1. The van der Waals surface area contributed by atoms with E-state index in [1.54, 1.807) is 42.5 Å². The van der Waals surface area contributed by atoms with Gasteiger partial charge in [-0.3, -0.25) is 4.79 Å². The average molecular weight is 583 g/mol. The first-order valence-corrected chi connectivity index (χ1v) is 13.9. The predicted octanol–water partition coefficient (Wildman–Crippen LogP) is 7.84. The van der Waals surface area contributed by atoms with E-state index in [1.165, 1.54) is 6.08 Å². The maximum Gasteiger partial charge on any atom is 0.266 e. The molecule has 8 heteroatoms. The van der Waals surface area contributed by atoms with Crippen LogP contribution in [-0.4, -0.2) is 19.1 Å². The SMILES string of the molecule is CCOc1cc(/C=C(/C#N)C(=O)Nc2ccc(Cl)cc2)ccc1OCc1ccc(OCc2ccccc2)c(OCC)c1. The lowest BCUT2D eigenvalue weighted by Gasteiger charge is -2.15. The van der Waals surface area contributed by atoms with Crippen LogP contribution in [-0.2, 0) is 18.0 Å². The number of ether oxygens (including phenoxy) is 4. The fraction of sp³-hybridized carbons (Fsp3) is 0.176. The quantitative estimate of drug-likeness (QED) is 0.128. The molecule has 214 valence electrons. The van der Waals surface area contributed by atoms with Crippen LogP contribution < -0.4 is 24.3 Å². The van der Waals surface area contributed by atoms with Gasteiger partial charge < -0.3 is 24.3 Å². The van der Waals surface area contributed by atoms with Crippen LogP contribution in [0.15, 0.2) is 96.6 Å². The molecule has 0 spiro atoms. The van der Waals surface area contributed by atoms with E-state index in [-0.39, 0.29) is 12.2 Å². The number of amides is 1. The van der Waals surface area contributed by atoms with Crippen molar-refractivity contribution in [2.24, 2.45) is 0 Å². The molecule has 0 saturated carbocycles. The summed E-state index contributed by atoms with van der Waals surface area (Å²) in [7, 11) is 0. The van der Waals surface area contributed by atoms with E-state index >= 15 is 0 Å². The van der Waals surface area contributed by atoms with Crippen LogP contribution in [0.25, 0.3) is 6.08 Å². The van der Waals surface area contributed by atoms with E-state index in [0.717, 1.165) is 11.1 Å². The Morgan fingerprint density at radius 3 is 2.02 bits per heavy atom. The van der Waals surface area contributed by atoms with Gasteiger partial charge in [-0.1, -0.05) is 54.1 Å². The van der Waals surface area contributed by atoms with Gasteiger partial charge in [0.05, 0.1) is 13.2 Å². The van der Waals surface area contributed by atoms with Crippen molar-refractivity contribution in [3.63, 3.8) is 0 Å². The van der Waals surface area contributed by atoms with E-state index in [1.807, 2.05) is 68.4 Å². The summed E-state index contributed by atoms with van der Waals surface area (Å²) in [5, 5.41) is 12.9. The summed E-state index contributed by atoms with van der Waals surface area (Å²) >= 11 is 5.90. The molecule has 0 aliphatic rings. The second-order valence-corrected chi connectivity index (χ2v) is 9.48. The molecule has 0 aliphatic heterocycles. The number of nitrogens with one attached hydrogen (secondary N) is 1. The first-order chi connectivity index (χ1) is 20.5. The van der Waals surface area contributed by atoms with Gasteiger partial charge in [-0.25, -0.2) is 0 Å². The van der Waals surface area contributed by atoms with Crippen molar-refractivity contribution in [3.05, 3.63) is 118 Å². The van der Waals surface area contributed by atoms with Gasteiger partial charge >= 0.3 is 0 Å². The second-order valence-electron chi connectivity index (χ2n) is 9.05. The van der Waals surface area contributed by atoms with Crippen molar-refractivity contribution in [2.45, 2.75) is 27.1 Å². The van der Waals surface area contributed by atoms with Gasteiger partial charge in [-0.05, 0) is 85.1 Å². The van der Waals surface area contributed by atoms with Crippen molar-refractivity contribution >= 4 is 29.3 Å². The molecule has 7 nitrogen and oxygen atoms in total. The van der Waals surface area contributed by atoms with Crippen molar-refractivity contribution in [1.82, 2.24) is 0 Å². The van der Waals surface area contributed by atoms with E-state index in [0.29, 0.717) is 59.1 Å². The highest BCUT2D eigenvalue weighted by Gasteiger charge is 2.13. The van der Waals surface area contributed by atoms with Crippen LogP contribution in [0.4, 0.5) is 5.69 Å². The smallest absolute Gasteiger partial charge is 0.266 e. The van der Waals surface area contributed by atoms with Gasteiger partial charge in [-0.2, -0.15) is 5.26 Å². The molecule has 0 atom stereocenters. The Morgan fingerprint density at radius 1 is 0.762 bits per heavy atom. The molecule has 4 aromatic carbocycles. The Bertz CT molecular complexity index is 1560. The maximum atomic E-state index is 12.7. The Kier molecular flexibility index (Phi) is 10.9. The van der Waals surface area contributed by atoms with Gasteiger partial charge in [0.25, 0.3) is 5.91 Å². The zero-order valence-corrected chi connectivity index (χ0v) is 24.2. The molecular weight excluding hydrogens is 552 g/mol. The second kappa shape index (κ2) is 15.2. The van der Waals surface area contributed by atoms with Crippen LogP contribution in [0.5, 0.6) is 23.0 Å².